The highest BCUT2D eigenvalue weighted by Gasteiger charge is 2.34. The monoisotopic (exact) mass is 444 g/mol. The number of amides is 2. The van der Waals surface area contributed by atoms with Gasteiger partial charge in [0.05, 0.1) is 19.9 Å². The average Bonchev–Trinajstić information content (AvgIpc) is 3.12. The Morgan fingerprint density at radius 3 is 2.15 bits per heavy atom. The topological polar surface area (TPSA) is 77.1 Å². The summed E-state index contributed by atoms with van der Waals surface area (Å²) >= 11 is 0. The van der Waals surface area contributed by atoms with Crippen molar-refractivity contribution in [1.29, 1.82) is 0 Å². The van der Waals surface area contributed by atoms with Crippen molar-refractivity contribution in [2.75, 3.05) is 19.2 Å². The molecule has 0 radical (unpaired) electrons. The van der Waals surface area contributed by atoms with Crippen molar-refractivity contribution >= 4 is 23.6 Å². The van der Waals surface area contributed by atoms with Crippen LogP contribution in [-0.4, -0.2) is 26.0 Å². The van der Waals surface area contributed by atoms with Crippen molar-refractivity contribution in [1.82, 2.24) is 5.43 Å². The lowest BCUT2D eigenvalue weighted by Crippen LogP contribution is -2.35. The smallest absolute Gasteiger partial charge is 0.282 e. The minimum Gasteiger partial charge on any atom is -0.493 e. The van der Waals surface area contributed by atoms with Crippen molar-refractivity contribution in [3.05, 3.63) is 89.0 Å². The molecule has 168 valence electrons. The first-order chi connectivity index (χ1) is 16.0. The van der Waals surface area contributed by atoms with Crippen LogP contribution >= 0.6 is 0 Å². The van der Waals surface area contributed by atoms with Gasteiger partial charge in [0.25, 0.3) is 11.8 Å². The number of hydrogen-bond acceptors (Lipinski definition) is 5. The molecule has 0 aromatic heterocycles. The van der Waals surface area contributed by atoms with Crippen LogP contribution in [0.2, 0.25) is 0 Å². The summed E-state index contributed by atoms with van der Waals surface area (Å²) in [6.07, 6.45) is 1.51. The standard InChI is InChI=1S/C26H24N2O5/c1-17-9-11-18(12-10-17)16-33-24-22(31-2)14-19(15-23(24)32-3)13-21-25(29)27-28(26(21)30)20-7-5-4-6-8-20/h4-15H,16H2,1-3H3,(H,27,29). The van der Waals surface area contributed by atoms with Gasteiger partial charge in [-0.25, -0.2) is 5.01 Å². The third-order valence-electron chi connectivity index (χ3n) is 5.20. The number of rotatable bonds is 7. The minimum atomic E-state index is -0.485. The van der Waals surface area contributed by atoms with E-state index in [0.29, 0.717) is 35.1 Å². The molecule has 1 N–H and O–H groups in total. The van der Waals surface area contributed by atoms with E-state index in [-0.39, 0.29) is 5.57 Å². The zero-order valence-corrected chi connectivity index (χ0v) is 18.6. The van der Waals surface area contributed by atoms with E-state index in [1.165, 1.54) is 30.9 Å². The Balaban J connectivity index is 1.62. The summed E-state index contributed by atoms with van der Waals surface area (Å²) in [5, 5.41) is 1.22. The summed E-state index contributed by atoms with van der Waals surface area (Å²) in [5.41, 5.74) is 5.92. The molecule has 0 spiro atoms. The molecule has 1 heterocycles. The Labute approximate surface area is 192 Å². The van der Waals surface area contributed by atoms with Crippen molar-refractivity contribution in [3.63, 3.8) is 0 Å². The number of ether oxygens (including phenoxy) is 3. The number of carbonyl (C=O) groups is 2. The Hall–Kier alpha value is -4.26. The summed E-state index contributed by atoms with van der Waals surface area (Å²) in [5.74, 6) is 0.374. The first kappa shape index (κ1) is 22.0. The molecule has 0 aliphatic carbocycles. The van der Waals surface area contributed by atoms with Crippen molar-refractivity contribution in [3.8, 4) is 17.2 Å². The van der Waals surface area contributed by atoms with Gasteiger partial charge in [-0.1, -0.05) is 48.0 Å². The van der Waals surface area contributed by atoms with E-state index in [1.807, 2.05) is 37.3 Å². The van der Waals surface area contributed by atoms with Crippen molar-refractivity contribution in [2.24, 2.45) is 0 Å². The van der Waals surface area contributed by atoms with Gasteiger partial charge in [0.1, 0.15) is 12.2 Å². The molecule has 1 saturated heterocycles. The number of anilines is 1. The van der Waals surface area contributed by atoms with Crippen molar-refractivity contribution in [2.45, 2.75) is 13.5 Å². The van der Waals surface area contributed by atoms with E-state index < -0.39 is 11.8 Å². The SMILES string of the molecule is COc1cc(C=C2C(=O)NN(c3ccccc3)C2=O)cc(OC)c1OCc1ccc(C)cc1. The molecule has 2 amide bonds. The van der Waals surface area contributed by atoms with Crippen LogP contribution < -0.4 is 24.6 Å². The van der Waals surface area contributed by atoms with Gasteiger partial charge in [-0.05, 0) is 48.4 Å². The van der Waals surface area contributed by atoms with Crippen LogP contribution in [0.4, 0.5) is 5.69 Å². The summed E-state index contributed by atoms with van der Waals surface area (Å²) < 4.78 is 17.0. The maximum Gasteiger partial charge on any atom is 0.282 e. The maximum absolute atomic E-state index is 12.9. The summed E-state index contributed by atoms with van der Waals surface area (Å²) in [6.45, 7) is 2.36. The predicted octanol–water partition coefficient (Wildman–Crippen LogP) is 4.05. The van der Waals surface area contributed by atoms with Gasteiger partial charge in [-0.2, -0.15) is 0 Å². The highest BCUT2D eigenvalue weighted by atomic mass is 16.5. The van der Waals surface area contributed by atoms with Gasteiger partial charge in [-0.15, -0.1) is 0 Å². The normalized spacial score (nSPS) is 14.4. The molecular weight excluding hydrogens is 420 g/mol. The molecule has 0 bridgehead atoms. The molecule has 0 atom stereocenters. The second-order valence-electron chi connectivity index (χ2n) is 7.50. The third kappa shape index (κ3) is 4.67. The van der Waals surface area contributed by atoms with Crippen LogP contribution in [0.3, 0.4) is 0 Å². The molecule has 33 heavy (non-hydrogen) atoms. The fourth-order valence-corrected chi connectivity index (χ4v) is 3.45. The van der Waals surface area contributed by atoms with Crippen LogP contribution in [0.15, 0.2) is 72.3 Å². The fourth-order valence-electron chi connectivity index (χ4n) is 3.45. The molecular formula is C26H24N2O5. The Morgan fingerprint density at radius 1 is 0.909 bits per heavy atom. The second-order valence-corrected chi connectivity index (χ2v) is 7.50. The van der Waals surface area contributed by atoms with Crippen LogP contribution in [0.5, 0.6) is 17.2 Å². The molecule has 1 aliphatic heterocycles. The lowest BCUT2D eigenvalue weighted by Gasteiger charge is -2.16. The number of hydrazine groups is 1. The number of carbonyl (C=O) groups excluding carboxylic acids is 2. The number of para-hydroxylation sites is 1. The van der Waals surface area contributed by atoms with Gasteiger partial charge in [0, 0.05) is 0 Å². The van der Waals surface area contributed by atoms with Gasteiger partial charge < -0.3 is 14.2 Å². The number of benzene rings is 3. The fraction of sp³-hybridized carbons (Fsp3) is 0.154. The number of hydrogen-bond donors (Lipinski definition) is 1. The van der Waals surface area contributed by atoms with Gasteiger partial charge in [-0.3, -0.25) is 15.0 Å². The average molecular weight is 444 g/mol. The first-order valence-corrected chi connectivity index (χ1v) is 10.4. The minimum absolute atomic E-state index is 0.0104. The molecule has 3 aromatic carbocycles. The Kier molecular flexibility index (Phi) is 6.31. The lowest BCUT2D eigenvalue weighted by molar-refractivity contribution is -0.117. The number of aryl methyl sites for hydroxylation is 1. The third-order valence-corrected chi connectivity index (χ3v) is 5.20. The van der Waals surface area contributed by atoms with E-state index in [4.69, 9.17) is 14.2 Å². The van der Waals surface area contributed by atoms with E-state index in [1.54, 1.807) is 36.4 Å². The van der Waals surface area contributed by atoms with Crippen molar-refractivity contribution < 1.29 is 23.8 Å². The number of methoxy groups -OCH3 is 2. The van der Waals surface area contributed by atoms with Gasteiger partial charge >= 0.3 is 0 Å². The van der Waals surface area contributed by atoms with Crippen LogP contribution in [0.25, 0.3) is 6.08 Å². The zero-order valence-electron chi connectivity index (χ0n) is 18.6. The van der Waals surface area contributed by atoms with E-state index in [2.05, 4.69) is 5.43 Å². The Bertz CT molecular complexity index is 1180. The van der Waals surface area contributed by atoms with Crippen LogP contribution in [0, 0.1) is 6.92 Å². The molecule has 3 aromatic rings. The van der Waals surface area contributed by atoms with Crippen LogP contribution in [0.1, 0.15) is 16.7 Å². The summed E-state index contributed by atoms with van der Waals surface area (Å²) in [4.78, 5) is 25.4. The van der Waals surface area contributed by atoms with E-state index in [0.717, 1.165) is 5.56 Å². The number of nitrogens with zero attached hydrogens (tertiary/aromatic N) is 1. The zero-order chi connectivity index (χ0) is 23.4. The molecule has 4 rings (SSSR count). The molecule has 1 fully saturated rings. The highest BCUT2D eigenvalue weighted by Crippen LogP contribution is 2.40. The molecule has 0 unspecified atom stereocenters. The molecule has 7 heteroatoms. The van der Waals surface area contributed by atoms with Gasteiger partial charge in [0.15, 0.2) is 11.5 Å². The first-order valence-electron chi connectivity index (χ1n) is 10.4. The predicted molar refractivity (Wildman–Crippen MR) is 125 cm³/mol. The second kappa shape index (κ2) is 9.48. The molecule has 7 nitrogen and oxygen atoms in total. The molecule has 0 saturated carbocycles. The Morgan fingerprint density at radius 2 is 1.55 bits per heavy atom. The van der Waals surface area contributed by atoms with Gasteiger partial charge in [0.2, 0.25) is 5.75 Å². The lowest BCUT2D eigenvalue weighted by atomic mass is 10.1. The van der Waals surface area contributed by atoms with E-state index >= 15 is 0 Å². The quantitative estimate of drug-likeness (QED) is 0.439. The summed E-state index contributed by atoms with van der Waals surface area (Å²) in [6, 6.07) is 20.3. The largest absolute Gasteiger partial charge is 0.493 e. The molecule has 1 aliphatic rings. The number of nitrogens with one attached hydrogen (secondary N) is 1. The van der Waals surface area contributed by atoms with Crippen LogP contribution in [-0.2, 0) is 16.2 Å². The highest BCUT2D eigenvalue weighted by molar-refractivity contribution is 6.31. The van der Waals surface area contributed by atoms with E-state index in [9.17, 15) is 9.59 Å². The maximum atomic E-state index is 12.9. The summed E-state index contributed by atoms with van der Waals surface area (Å²) in [7, 11) is 3.05.